The Morgan fingerprint density at radius 2 is 2.00 bits per heavy atom. The molecule has 0 aromatic rings. The molecule has 1 unspecified atom stereocenters. The van der Waals surface area contributed by atoms with Gasteiger partial charge < -0.3 is 0 Å². The normalized spacial score (nSPS) is 22.4. The number of carbonyl (C=O) groups excluding carboxylic acids is 2. The molecule has 0 saturated carbocycles. The first-order chi connectivity index (χ1) is 7.33. The molecule has 1 fully saturated rings. The first-order valence-electron chi connectivity index (χ1n) is 5.91. The van der Waals surface area contributed by atoms with E-state index in [1.807, 2.05) is 0 Å². The molecule has 1 rings (SSSR count). The Hall–Kier alpha value is -0.900. The van der Waals surface area contributed by atoms with Gasteiger partial charge in [-0.25, -0.2) is 0 Å². The average Bonchev–Trinajstić information content (AvgIpc) is 2.13. The summed E-state index contributed by atoms with van der Waals surface area (Å²) in [6, 6.07) is -0.137. The van der Waals surface area contributed by atoms with Gasteiger partial charge in [-0.1, -0.05) is 27.7 Å². The lowest BCUT2D eigenvalue weighted by molar-refractivity contribution is -0.137. The van der Waals surface area contributed by atoms with Crippen molar-refractivity contribution in [3.63, 3.8) is 0 Å². The van der Waals surface area contributed by atoms with Crippen LogP contribution in [0.5, 0.6) is 0 Å². The molecule has 2 amide bonds. The maximum atomic E-state index is 11.7. The maximum absolute atomic E-state index is 11.7. The first kappa shape index (κ1) is 13.2. The lowest BCUT2D eigenvalue weighted by atomic mass is 9.94. The molecule has 1 atom stereocenters. The van der Waals surface area contributed by atoms with Crippen molar-refractivity contribution in [2.24, 2.45) is 5.41 Å². The SMILES string of the molecule is CCN(CC(C)(C)C)C1CCC(=O)NC1=O. The Bertz CT molecular complexity index is 281. The summed E-state index contributed by atoms with van der Waals surface area (Å²) in [7, 11) is 0. The van der Waals surface area contributed by atoms with E-state index in [9.17, 15) is 9.59 Å². The fraction of sp³-hybridized carbons (Fsp3) is 0.833. The van der Waals surface area contributed by atoms with Gasteiger partial charge in [0, 0.05) is 13.0 Å². The molecule has 1 heterocycles. The molecule has 4 heteroatoms. The molecule has 1 aliphatic rings. The van der Waals surface area contributed by atoms with Gasteiger partial charge >= 0.3 is 0 Å². The minimum atomic E-state index is -0.145. The molecule has 0 aliphatic carbocycles. The third-order valence-corrected chi connectivity index (χ3v) is 2.73. The van der Waals surface area contributed by atoms with Crippen molar-refractivity contribution in [2.75, 3.05) is 13.1 Å². The molecular formula is C12H22N2O2. The highest BCUT2D eigenvalue weighted by atomic mass is 16.2. The number of imide groups is 1. The number of nitrogens with zero attached hydrogens (tertiary/aromatic N) is 1. The van der Waals surface area contributed by atoms with Crippen molar-refractivity contribution < 1.29 is 9.59 Å². The summed E-state index contributed by atoms with van der Waals surface area (Å²) in [5.74, 6) is -0.282. The zero-order valence-electron chi connectivity index (χ0n) is 10.7. The zero-order chi connectivity index (χ0) is 12.3. The van der Waals surface area contributed by atoms with Gasteiger partial charge in [0.15, 0.2) is 0 Å². The van der Waals surface area contributed by atoms with E-state index >= 15 is 0 Å². The van der Waals surface area contributed by atoms with Crippen LogP contribution < -0.4 is 5.32 Å². The van der Waals surface area contributed by atoms with Crippen molar-refractivity contribution in [3.05, 3.63) is 0 Å². The lowest BCUT2D eigenvalue weighted by Gasteiger charge is -2.36. The van der Waals surface area contributed by atoms with Crippen molar-refractivity contribution in [2.45, 2.75) is 46.6 Å². The van der Waals surface area contributed by atoms with Crippen LogP contribution in [-0.2, 0) is 9.59 Å². The quantitative estimate of drug-likeness (QED) is 0.735. The van der Waals surface area contributed by atoms with Crippen LogP contribution in [0.15, 0.2) is 0 Å². The van der Waals surface area contributed by atoms with Gasteiger partial charge in [-0.2, -0.15) is 0 Å². The zero-order valence-corrected chi connectivity index (χ0v) is 10.7. The summed E-state index contributed by atoms with van der Waals surface area (Å²) < 4.78 is 0. The van der Waals surface area contributed by atoms with Crippen LogP contribution in [0, 0.1) is 5.41 Å². The topological polar surface area (TPSA) is 49.4 Å². The number of hydrogen-bond acceptors (Lipinski definition) is 3. The Labute approximate surface area is 97.4 Å². The van der Waals surface area contributed by atoms with Gasteiger partial charge in [-0.15, -0.1) is 0 Å². The molecule has 0 aromatic heterocycles. The Morgan fingerprint density at radius 1 is 1.38 bits per heavy atom. The molecule has 92 valence electrons. The largest absolute Gasteiger partial charge is 0.295 e. The first-order valence-corrected chi connectivity index (χ1v) is 5.91. The van der Waals surface area contributed by atoms with Crippen LogP contribution in [0.4, 0.5) is 0 Å². The number of nitrogens with one attached hydrogen (secondary N) is 1. The van der Waals surface area contributed by atoms with E-state index < -0.39 is 0 Å². The van der Waals surface area contributed by atoms with Gasteiger partial charge in [0.2, 0.25) is 11.8 Å². The summed E-state index contributed by atoms with van der Waals surface area (Å²) >= 11 is 0. The van der Waals surface area contributed by atoms with Crippen molar-refractivity contribution in [1.82, 2.24) is 10.2 Å². The van der Waals surface area contributed by atoms with Gasteiger partial charge in [-0.05, 0) is 18.4 Å². The third-order valence-electron chi connectivity index (χ3n) is 2.73. The number of likely N-dealkylation sites (N-methyl/N-ethyl adjacent to an activating group) is 1. The predicted octanol–water partition coefficient (Wildman–Crippen LogP) is 1.16. The van der Waals surface area contributed by atoms with Crippen molar-refractivity contribution in [3.8, 4) is 0 Å². The predicted molar refractivity (Wildman–Crippen MR) is 62.9 cm³/mol. The molecule has 0 spiro atoms. The average molecular weight is 226 g/mol. The molecule has 0 aromatic carbocycles. The van der Waals surface area contributed by atoms with E-state index in [4.69, 9.17) is 0 Å². The van der Waals surface area contributed by atoms with Crippen LogP contribution in [0.3, 0.4) is 0 Å². The van der Waals surface area contributed by atoms with Crippen LogP contribution in [0.1, 0.15) is 40.5 Å². The number of rotatable bonds is 3. The van der Waals surface area contributed by atoms with E-state index in [2.05, 4.69) is 37.9 Å². The molecule has 16 heavy (non-hydrogen) atoms. The molecule has 1 N–H and O–H groups in total. The summed E-state index contributed by atoms with van der Waals surface area (Å²) in [5.41, 5.74) is 0.164. The molecule has 1 aliphatic heterocycles. The van der Waals surface area contributed by atoms with Gasteiger partial charge in [0.05, 0.1) is 6.04 Å². The number of piperidine rings is 1. The minimum absolute atomic E-state index is 0.137. The monoisotopic (exact) mass is 226 g/mol. The summed E-state index contributed by atoms with van der Waals surface area (Å²) in [6.45, 7) is 10.2. The van der Waals surface area contributed by atoms with Crippen molar-refractivity contribution >= 4 is 11.8 Å². The molecule has 1 saturated heterocycles. The highest BCUT2D eigenvalue weighted by Crippen LogP contribution is 2.20. The van der Waals surface area contributed by atoms with E-state index in [1.54, 1.807) is 0 Å². The summed E-state index contributed by atoms with van der Waals surface area (Å²) in [4.78, 5) is 24.9. The second-order valence-electron chi connectivity index (χ2n) is 5.59. The second kappa shape index (κ2) is 4.95. The molecular weight excluding hydrogens is 204 g/mol. The Morgan fingerprint density at radius 3 is 2.44 bits per heavy atom. The van der Waals surface area contributed by atoms with E-state index in [1.165, 1.54) is 0 Å². The van der Waals surface area contributed by atoms with E-state index in [0.717, 1.165) is 13.1 Å². The number of hydrogen-bond donors (Lipinski definition) is 1. The Kier molecular flexibility index (Phi) is 4.08. The van der Waals surface area contributed by atoms with Gasteiger partial charge in [0.1, 0.15) is 0 Å². The fourth-order valence-electron chi connectivity index (χ4n) is 2.08. The third kappa shape index (κ3) is 3.59. The molecule has 0 radical (unpaired) electrons. The number of amides is 2. The van der Waals surface area contributed by atoms with Gasteiger partial charge in [0.25, 0.3) is 0 Å². The molecule has 0 bridgehead atoms. The maximum Gasteiger partial charge on any atom is 0.243 e. The summed E-state index contributed by atoms with van der Waals surface area (Å²) in [6.07, 6.45) is 1.10. The summed E-state index contributed by atoms with van der Waals surface area (Å²) in [5, 5.41) is 2.41. The standard InChI is InChI=1S/C12H22N2O2/c1-5-14(8-12(2,3)4)9-6-7-10(15)13-11(9)16/h9H,5-8H2,1-4H3,(H,13,15,16). The van der Waals surface area contributed by atoms with E-state index in [0.29, 0.717) is 12.8 Å². The van der Waals surface area contributed by atoms with Crippen molar-refractivity contribution in [1.29, 1.82) is 0 Å². The van der Waals surface area contributed by atoms with E-state index in [-0.39, 0.29) is 23.3 Å². The van der Waals surface area contributed by atoms with Gasteiger partial charge in [-0.3, -0.25) is 19.8 Å². The van der Waals surface area contributed by atoms with Crippen LogP contribution in [0.25, 0.3) is 0 Å². The highest BCUT2D eigenvalue weighted by molar-refractivity contribution is 6.00. The number of carbonyl (C=O) groups is 2. The second-order valence-corrected chi connectivity index (χ2v) is 5.59. The van der Waals surface area contributed by atoms with Crippen LogP contribution in [-0.4, -0.2) is 35.8 Å². The smallest absolute Gasteiger partial charge is 0.243 e. The highest BCUT2D eigenvalue weighted by Gasteiger charge is 2.32. The van der Waals surface area contributed by atoms with Crippen LogP contribution >= 0.6 is 0 Å². The lowest BCUT2D eigenvalue weighted by Crippen LogP contribution is -2.54. The molecule has 4 nitrogen and oxygen atoms in total. The minimum Gasteiger partial charge on any atom is -0.295 e. The van der Waals surface area contributed by atoms with Crippen LogP contribution in [0.2, 0.25) is 0 Å². The Balaban J connectivity index is 2.66. The fourth-order valence-corrected chi connectivity index (χ4v) is 2.08.